The molecule has 130 valence electrons. The molecular weight excluding hydrogens is 344 g/mol. The molecule has 3 aromatic rings. The fraction of sp³-hybridized carbons (Fsp3) is 0.222. The molecule has 0 bridgehead atoms. The number of hydrogen-bond donors (Lipinski definition) is 2. The Morgan fingerprint density at radius 2 is 1.92 bits per heavy atom. The van der Waals surface area contributed by atoms with Gasteiger partial charge in [0.25, 0.3) is 0 Å². The third-order valence-corrected chi connectivity index (χ3v) is 3.97. The zero-order valence-corrected chi connectivity index (χ0v) is 14.1. The number of aromatic nitrogens is 2. The van der Waals surface area contributed by atoms with Gasteiger partial charge in [-0.25, -0.2) is 4.79 Å². The van der Waals surface area contributed by atoms with Crippen molar-refractivity contribution in [2.75, 3.05) is 13.2 Å². The molecule has 1 heterocycles. The van der Waals surface area contributed by atoms with Crippen LogP contribution in [0, 0.1) is 0 Å². The van der Waals surface area contributed by atoms with E-state index >= 15 is 0 Å². The number of carbonyl (C=O) groups is 1. The number of aliphatic hydroxyl groups is 2. The van der Waals surface area contributed by atoms with Gasteiger partial charge in [0, 0.05) is 10.4 Å². The average molecular weight is 361 g/mol. The molecular formula is C18H17ClN2O4. The number of para-hydroxylation sites is 1. The van der Waals surface area contributed by atoms with Crippen LogP contribution in [0.3, 0.4) is 0 Å². The van der Waals surface area contributed by atoms with Gasteiger partial charge >= 0.3 is 5.97 Å². The first-order valence-electron chi connectivity index (χ1n) is 7.74. The highest BCUT2D eigenvalue weighted by Crippen LogP contribution is 2.21. The van der Waals surface area contributed by atoms with Crippen molar-refractivity contribution in [1.29, 1.82) is 0 Å². The first-order chi connectivity index (χ1) is 12.1. The van der Waals surface area contributed by atoms with Gasteiger partial charge in [-0.3, -0.25) is 4.68 Å². The number of aliphatic hydroxyl groups excluding tert-OH is 2. The van der Waals surface area contributed by atoms with E-state index in [0.29, 0.717) is 17.0 Å². The molecule has 1 aromatic heterocycles. The van der Waals surface area contributed by atoms with Crippen LogP contribution in [0.15, 0.2) is 48.5 Å². The highest BCUT2D eigenvalue weighted by Gasteiger charge is 2.19. The smallest absolute Gasteiger partial charge is 0.359 e. The lowest BCUT2D eigenvalue weighted by Crippen LogP contribution is -2.22. The average Bonchev–Trinajstić information content (AvgIpc) is 3.00. The Morgan fingerprint density at radius 1 is 1.20 bits per heavy atom. The van der Waals surface area contributed by atoms with Crippen LogP contribution < -0.4 is 0 Å². The zero-order valence-electron chi connectivity index (χ0n) is 13.3. The van der Waals surface area contributed by atoms with Gasteiger partial charge in [0.15, 0.2) is 5.69 Å². The second kappa shape index (κ2) is 7.65. The molecule has 6 nitrogen and oxygen atoms in total. The monoisotopic (exact) mass is 360 g/mol. The molecule has 0 aliphatic heterocycles. The van der Waals surface area contributed by atoms with Crippen LogP contribution >= 0.6 is 11.6 Å². The van der Waals surface area contributed by atoms with E-state index in [1.807, 2.05) is 30.3 Å². The highest BCUT2D eigenvalue weighted by molar-refractivity contribution is 6.30. The largest absolute Gasteiger partial charge is 0.458 e. The van der Waals surface area contributed by atoms with E-state index < -0.39 is 18.7 Å². The molecule has 0 radical (unpaired) electrons. The molecule has 0 aliphatic carbocycles. The van der Waals surface area contributed by atoms with Crippen LogP contribution in [0.2, 0.25) is 5.02 Å². The second-order valence-electron chi connectivity index (χ2n) is 5.58. The van der Waals surface area contributed by atoms with E-state index in [9.17, 15) is 9.90 Å². The third-order valence-electron chi connectivity index (χ3n) is 3.71. The highest BCUT2D eigenvalue weighted by atomic mass is 35.5. The molecule has 0 aliphatic rings. The SMILES string of the molecule is O=C(OC[C@H](O)CO)c1nn(Cc2ccc(Cl)cc2)c2ccccc12. The summed E-state index contributed by atoms with van der Waals surface area (Å²) in [5.41, 5.74) is 1.97. The molecule has 7 heteroatoms. The number of halogens is 1. The maximum Gasteiger partial charge on any atom is 0.359 e. The lowest BCUT2D eigenvalue weighted by Gasteiger charge is -2.07. The maximum atomic E-state index is 12.3. The summed E-state index contributed by atoms with van der Waals surface area (Å²) in [6.07, 6.45) is -1.11. The van der Waals surface area contributed by atoms with Crippen molar-refractivity contribution >= 4 is 28.5 Å². The number of ether oxygens (including phenoxy) is 1. The molecule has 0 unspecified atom stereocenters. The standard InChI is InChI=1S/C18H17ClN2O4/c19-13-7-5-12(6-8-13)9-21-16-4-2-1-3-15(16)17(20-21)18(24)25-11-14(23)10-22/h1-8,14,22-23H,9-11H2/t14-/m1/s1. The van der Waals surface area contributed by atoms with Crippen molar-refractivity contribution in [3.63, 3.8) is 0 Å². The van der Waals surface area contributed by atoms with Crippen LogP contribution in [-0.4, -0.2) is 45.3 Å². The summed E-state index contributed by atoms with van der Waals surface area (Å²) in [6, 6.07) is 14.7. The summed E-state index contributed by atoms with van der Waals surface area (Å²) < 4.78 is 6.75. The molecule has 2 aromatic carbocycles. The topological polar surface area (TPSA) is 84.6 Å². The van der Waals surface area contributed by atoms with Gasteiger partial charge in [0.2, 0.25) is 0 Å². The zero-order chi connectivity index (χ0) is 17.8. The maximum absolute atomic E-state index is 12.3. The number of carbonyl (C=O) groups excluding carboxylic acids is 1. The number of rotatable bonds is 6. The van der Waals surface area contributed by atoms with Crippen molar-refractivity contribution < 1.29 is 19.7 Å². The number of fused-ring (bicyclic) bond motifs is 1. The minimum atomic E-state index is -1.11. The Hall–Kier alpha value is -2.41. The predicted octanol–water partition coefficient (Wildman–Crippen LogP) is 2.25. The fourth-order valence-corrected chi connectivity index (χ4v) is 2.58. The summed E-state index contributed by atoms with van der Waals surface area (Å²) in [5.74, 6) is -0.640. The van der Waals surface area contributed by atoms with Crippen LogP contribution in [0.4, 0.5) is 0 Å². The minimum Gasteiger partial charge on any atom is -0.458 e. The molecule has 0 saturated carbocycles. The van der Waals surface area contributed by atoms with Crippen molar-refractivity contribution in [3.8, 4) is 0 Å². The van der Waals surface area contributed by atoms with E-state index in [0.717, 1.165) is 11.1 Å². The van der Waals surface area contributed by atoms with Gasteiger partial charge in [-0.2, -0.15) is 5.10 Å². The van der Waals surface area contributed by atoms with Crippen molar-refractivity contribution in [3.05, 3.63) is 64.8 Å². The lowest BCUT2D eigenvalue weighted by molar-refractivity contribution is 0.00897. The van der Waals surface area contributed by atoms with E-state index in [2.05, 4.69) is 5.10 Å². The molecule has 0 amide bonds. The van der Waals surface area contributed by atoms with Crippen molar-refractivity contribution in [2.24, 2.45) is 0 Å². The normalized spacial score (nSPS) is 12.3. The second-order valence-corrected chi connectivity index (χ2v) is 6.02. The summed E-state index contributed by atoms with van der Waals surface area (Å²) in [4.78, 5) is 12.3. The van der Waals surface area contributed by atoms with Gasteiger partial charge in [0.05, 0.1) is 18.7 Å². The fourth-order valence-electron chi connectivity index (χ4n) is 2.45. The number of hydrogen-bond acceptors (Lipinski definition) is 5. The van der Waals surface area contributed by atoms with Gasteiger partial charge in [-0.15, -0.1) is 0 Å². The first-order valence-corrected chi connectivity index (χ1v) is 8.12. The Kier molecular flexibility index (Phi) is 5.33. The summed E-state index contributed by atoms with van der Waals surface area (Å²) >= 11 is 5.91. The minimum absolute atomic E-state index is 0.176. The number of benzene rings is 2. The first kappa shape index (κ1) is 17.4. The predicted molar refractivity (Wildman–Crippen MR) is 93.7 cm³/mol. The Bertz CT molecular complexity index is 876. The molecule has 3 rings (SSSR count). The molecule has 25 heavy (non-hydrogen) atoms. The third kappa shape index (κ3) is 3.99. The van der Waals surface area contributed by atoms with E-state index in [-0.39, 0.29) is 12.3 Å². The van der Waals surface area contributed by atoms with E-state index in [1.54, 1.807) is 22.9 Å². The van der Waals surface area contributed by atoms with E-state index in [4.69, 9.17) is 21.4 Å². The molecule has 1 atom stereocenters. The van der Waals surface area contributed by atoms with E-state index in [1.165, 1.54) is 0 Å². The molecule has 0 spiro atoms. The van der Waals surface area contributed by atoms with Crippen LogP contribution in [0.25, 0.3) is 10.9 Å². The van der Waals surface area contributed by atoms with Gasteiger partial charge < -0.3 is 14.9 Å². The summed E-state index contributed by atoms with van der Waals surface area (Å²) in [6.45, 7) is -0.281. The van der Waals surface area contributed by atoms with Crippen LogP contribution in [-0.2, 0) is 11.3 Å². The number of esters is 1. The summed E-state index contributed by atoms with van der Waals surface area (Å²) in [7, 11) is 0. The summed E-state index contributed by atoms with van der Waals surface area (Å²) in [5, 5.41) is 23.8. The van der Waals surface area contributed by atoms with Gasteiger partial charge in [-0.05, 0) is 23.8 Å². The van der Waals surface area contributed by atoms with Crippen LogP contribution in [0.5, 0.6) is 0 Å². The Morgan fingerprint density at radius 3 is 2.64 bits per heavy atom. The lowest BCUT2D eigenvalue weighted by atomic mass is 10.2. The number of nitrogens with zero attached hydrogens (tertiary/aromatic N) is 2. The Balaban J connectivity index is 1.89. The van der Waals surface area contributed by atoms with Crippen LogP contribution in [0.1, 0.15) is 16.1 Å². The Labute approximate surface area is 149 Å². The van der Waals surface area contributed by atoms with Gasteiger partial charge in [0.1, 0.15) is 12.7 Å². The quantitative estimate of drug-likeness (QED) is 0.659. The molecule has 0 fully saturated rings. The molecule has 2 N–H and O–H groups in total. The van der Waals surface area contributed by atoms with Crippen molar-refractivity contribution in [1.82, 2.24) is 9.78 Å². The molecule has 0 saturated heterocycles. The van der Waals surface area contributed by atoms with Crippen molar-refractivity contribution in [2.45, 2.75) is 12.6 Å². The van der Waals surface area contributed by atoms with Gasteiger partial charge in [-0.1, -0.05) is 41.9 Å².